The highest BCUT2D eigenvalue weighted by Crippen LogP contribution is 2.27. The molecule has 0 aliphatic rings. The van der Waals surface area contributed by atoms with E-state index in [9.17, 15) is 4.79 Å². The third-order valence-electron chi connectivity index (χ3n) is 4.32. The lowest BCUT2D eigenvalue weighted by atomic mass is 10.0. The standard InChI is InChI=1S/C21H21ClN2O3/c1-14(21(25)24-17-13-16(22)10-11-18(17)26-2)23-20(19-9-6-12-27-19)15-7-4-3-5-8-15/h3-14,20,23H,1-2H3,(H,24,25)/p+1/t14-,20-/m0/s1. The number of quaternary nitrogens is 1. The fourth-order valence-electron chi connectivity index (χ4n) is 2.90. The Hall–Kier alpha value is -2.76. The minimum Gasteiger partial charge on any atom is -0.495 e. The van der Waals surface area contributed by atoms with Crippen molar-refractivity contribution in [2.24, 2.45) is 0 Å². The van der Waals surface area contributed by atoms with Crippen molar-refractivity contribution < 1.29 is 19.3 Å². The summed E-state index contributed by atoms with van der Waals surface area (Å²) in [5.41, 5.74) is 1.61. The quantitative estimate of drug-likeness (QED) is 0.652. The number of benzene rings is 2. The summed E-state index contributed by atoms with van der Waals surface area (Å²) in [5.74, 6) is 1.20. The van der Waals surface area contributed by atoms with Gasteiger partial charge in [0, 0.05) is 10.6 Å². The number of rotatable bonds is 7. The zero-order valence-electron chi connectivity index (χ0n) is 15.2. The van der Waals surface area contributed by atoms with Crippen LogP contribution in [0.1, 0.15) is 24.3 Å². The number of hydrogen-bond acceptors (Lipinski definition) is 3. The summed E-state index contributed by atoms with van der Waals surface area (Å²) >= 11 is 6.04. The smallest absolute Gasteiger partial charge is 0.282 e. The van der Waals surface area contributed by atoms with E-state index < -0.39 is 0 Å². The molecule has 0 fully saturated rings. The Bertz CT molecular complexity index is 882. The fraction of sp³-hybridized carbons (Fsp3) is 0.190. The molecule has 1 amide bonds. The minimum atomic E-state index is -0.371. The number of anilines is 1. The number of hydrogen-bond donors (Lipinski definition) is 2. The van der Waals surface area contributed by atoms with Crippen LogP contribution in [0.5, 0.6) is 5.75 Å². The molecule has 0 saturated carbocycles. The maximum absolute atomic E-state index is 12.8. The molecule has 1 heterocycles. The van der Waals surface area contributed by atoms with Crippen LogP contribution in [0.25, 0.3) is 0 Å². The lowest BCUT2D eigenvalue weighted by molar-refractivity contribution is -0.706. The number of ether oxygens (including phenoxy) is 1. The van der Waals surface area contributed by atoms with Gasteiger partial charge in [-0.05, 0) is 37.3 Å². The number of carbonyl (C=O) groups excluding carboxylic acids is 1. The largest absolute Gasteiger partial charge is 0.495 e. The molecule has 0 saturated heterocycles. The molecule has 27 heavy (non-hydrogen) atoms. The fourth-order valence-corrected chi connectivity index (χ4v) is 3.07. The minimum absolute atomic E-state index is 0.122. The van der Waals surface area contributed by atoms with Crippen LogP contribution in [0.4, 0.5) is 5.69 Å². The van der Waals surface area contributed by atoms with Crippen LogP contribution in [-0.2, 0) is 4.79 Å². The maximum atomic E-state index is 12.8. The van der Waals surface area contributed by atoms with E-state index in [-0.39, 0.29) is 18.0 Å². The molecule has 2 atom stereocenters. The van der Waals surface area contributed by atoms with Gasteiger partial charge in [-0.1, -0.05) is 41.9 Å². The summed E-state index contributed by atoms with van der Waals surface area (Å²) < 4.78 is 10.9. The molecular weight excluding hydrogens is 364 g/mol. The first-order valence-corrected chi connectivity index (χ1v) is 9.04. The SMILES string of the molecule is COc1ccc(Cl)cc1NC(=O)[C@H](C)[NH2+][C@@H](c1ccccc1)c1ccco1. The third-order valence-corrected chi connectivity index (χ3v) is 4.56. The van der Waals surface area contributed by atoms with Crippen molar-refractivity contribution in [1.29, 1.82) is 0 Å². The molecule has 3 aromatic rings. The molecule has 0 aliphatic heterocycles. The van der Waals surface area contributed by atoms with E-state index in [4.69, 9.17) is 20.8 Å². The van der Waals surface area contributed by atoms with E-state index in [1.54, 1.807) is 31.6 Å². The van der Waals surface area contributed by atoms with Gasteiger partial charge < -0.3 is 19.8 Å². The predicted molar refractivity (Wildman–Crippen MR) is 105 cm³/mol. The Labute approximate surface area is 163 Å². The van der Waals surface area contributed by atoms with Crippen molar-refractivity contribution >= 4 is 23.2 Å². The van der Waals surface area contributed by atoms with E-state index >= 15 is 0 Å². The molecule has 0 unspecified atom stereocenters. The first-order valence-electron chi connectivity index (χ1n) is 8.66. The third kappa shape index (κ3) is 4.70. The van der Waals surface area contributed by atoms with Crippen LogP contribution < -0.4 is 15.4 Å². The number of carbonyl (C=O) groups is 1. The van der Waals surface area contributed by atoms with Crippen LogP contribution >= 0.6 is 11.6 Å². The molecule has 0 aliphatic carbocycles. The lowest BCUT2D eigenvalue weighted by Crippen LogP contribution is -2.92. The molecule has 140 valence electrons. The first-order chi connectivity index (χ1) is 13.1. The number of furan rings is 1. The number of nitrogens with one attached hydrogen (secondary N) is 1. The Morgan fingerprint density at radius 3 is 2.59 bits per heavy atom. The highest BCUT2D eigenvalue weighted by molar-refractivity contribution is 6.31. The summed E-state index contributed by atoms with van der Waals surface area (Å²) in [6, 6.07) is 18.3. The molecule has 0 bridgehead atoms. The average molecular weight is 386 g/mol. The topological polar surface area (TPSA) is 68.1 Å². The van der Waals surface area contributed by atoms with E-state index in [1.165, 1.54) is 0 Å². The molecule has 1 aromatic heterocycles. The van der Waals surface area contributed by atoms with Crippen LogP contribution in [0.2, 0.25) is 5.02 Å². The zero-order valence-corrected chi connectivity index (χ0v) is 15.9. The van der Waals surface area contributed by atoms with Crippen LogP contribution in [0, 0.1) is 0 Å². The van der Waals surface area contributed by atoms with E-state index in [0.29, 0.717) is 16.5 Å². The van der Waals surface area contributed by atoms with Gasteiger partial charge in [0.1, 0.15) is 5.75 Å². The Kier molecular flexibility index (Phi) is 6.16. The van der Waals surface area contributed by atoms with Gasteiger partial charge in [-0.2, -0.15) is 0 Å². The lowest BCUT2D eigenvalue weighted by Gasteiger charge is -2.19. The molecule has 0 radical (unpaired) electrons. The normalized spacial score (nSPS) is 13.0. The van der Waals surface area contributed by atoms with Crippen molar-refractivity contribution in [3.05, 3.63) is 83.3 Å². The summed E-state index contributed by atoms with van der Waals surface area (Å²) in [7, 11) is 1.55. The second-order valence-electron chi connectivity index (χ2n) is 6.22. The van der Waals surface area contributed by atoms with Crippen molar-refractivity contribution in [2.45, 2.75) is 19.0 Å². The molecule has 5 nitrogen and oxygen atoms in total. The Morgan fingerprint density at radius 2 is 1.93 bits per heavy atom. The van der Waals surface area contributed by atoms with Gasteiger partial charge in [-0.15, -0.1) is 0 Å². The van der Waals surface area contributed by atoms with Crippen LogP contribution in [-0.4, -0.2) is 19.1 Å². The zero-order chi connectivity index (χ0) is 19.2. The van der Waals surface area contributed by atoms with Gasteiger partial charge >= 0.3 is 0 Å². The summed E-state index contributed by atoms with van der Waals surface area (Å²) in [6.07, 6.45) is 1.64. The van der Waals surface area contributed by atoms with Gasteiger partial charge in [-0.25, -0.2) is 0 Å². The molecule has 6 heteroatoms. The van der Waals surface area contributed by atoms with Gasteiger partial charge in [-0.3, -0.25) is 4.79 Å². The Morgan fingerprint density at radius 1 is 1.15 bits per heavy atom. The Balaban J connectivity index is 1.77. The van der Waals surface area contributed by atoms with Gasteiger partial charge in [0.15, 0.2) is 17.8 Å². The van der Waals surface area contributed by atoms with Gasteiger partial charge in [0.25, 0.3) is 5.91 Å². The molecule has 0 spiro atoms. The monoisotopic (exact) mass is 385 g/mol. The second kappa shape index (κ2) is 8.75. The molecule has 3 N–H and O–H groups in total. The summed E-state index contributed by atoms with van der Waals surface area (Å²) in [6.45, 7) is 1.85. The van der Waals surface area contributed by atoms with E-state index in [1.807, 2.05) is 54.7 Å². The van der Waals surface area contributed by atoms with E-state index in [2.05, 4.69) is 5.32 Å². The summed E-state index contributed by atoms with van der Waals surface area (Å²) in [4.78, 5) is 12.8. The van der Waals surface area contributed by atoms with Crippen molar-refractivity contribution in [3.8, 4) is 5.75 Å². The first kappa shape index (κ1) is 19.0. The average Bonchev–Trinajstić information content (AvgIpc) is 3.21. The highest BCUT2D eigenvalue weighted by atomic mass is 35.5. The molecule has 3 rings (SSSR count). The van der Waals surface area contributed by atoms with Gasteiger partial charge in [0.2, 0.25) is 0 Å². The van der Waals surface area contributed by atoms with Crippen LogP contribution in [0.3, 0.4) is 0 Å². The molecular formula is C21H22ClN2O3+. The van der Waals surface area contributed by atoms with E-state index in [0.717, 1.165) is 11.3 Å². The van der Waals surface area contributed by atoms with Crippen molar-refractivity contribution in [2.75, 3.05) is 12.4 Å². The number of amides is 1. The second-order valence-corrected chi connectivity index (χ2v) is 6.66. The predicted octanol–water partition coefficient (Wildman–Crippen LogP) is 3.62. The summed E-state index contributed by atoms with van der Waals surface area (Å²) in [5, 5.41) is 5.39. The number of halogens is 1. The number of nitrogens with two attached hydrogens (primary N) is 1. The van der Waals surface area contributed by atoms with Crippen LogP contribution in [0.15, 0.2) is 71.3 Å². The van der Waals surface area contributed by atoms with Crippen molar-refractivity contribution in [1.82, 2.24) is 0 Å². The van der Waals surface area contributed by atoms with Gasteiger partial charge in [0.05, 0.1) is 19.1 Å². The number of methoxy groups -OCH3 is 1. The van der Waals surface area contributed by atoms with Crippen molar-refractivity contribution in [3.63, 3.8) is 0 Å². The highest BCUT2D eigenvalue weighted by Gasteiger charge is 2.27. The maximum Gasteiger partial charge on any atom is 0.282 e. The molecule has 2 aromatic carbocycles.